The minimum Gasteiger partial charge on any atom is -0.494 e. The Hall–Kier alpha value is -1.09. The van der Waals surface area contributed by atoms with E-state index in [9.17, 15) is 4.39 Å². The van der Waals surface area contributed by atoms with Gasteiger partial charge in [-0.05, 0) is 49.1 Å². The number of rotatable bonds is 3. The van der Waals surface area contributed by atoms with Crippen molar-refractivity contribution >= 4 is 0 Å². The molecule has 2 rings (SSSR count). The molecule has 0 aliphatic heterocycles. The molecule has 19 heavy (non-hydrogen) atoms. The van der Waals surface area contributed by atoms with E-state index in [1.165, 1.54) is 7.11 Å². The highest BCUT2D eigenvalue weighted by Crippen LogP contribution is 2.37. The Morgan fingerprint density at radius 1 is 1.37 bits per heavy atom. The molecule has 1 saturated carbocycles. The maximum absolute atomic E-state index is 14.2. The van der Waals surface area contributed by atoms with Crippen LogP contribution in [0.2, 0.25) is 0 Å². The Morgan fingerprint density at radius 2 is 2.11 bits per heavy atom. The highest BCUT2D eigenvalue weighted by Gasteiger charge is 2.35. The summed E-state index contributed by atoms with van der Waals surface area (Å²) in [7, 11) is 1.49. The van der Waals surface area contributed by atoms with E-state index < -0.39 is 0 Å². The van der Waals surface area contributed by atoms with E-state index in [4.69, 9.17) is 10.5 Å². The second-order valence-corrected chi connectivity index (χ2v) is 6.17. The van der Waals surface area contributed by atoms with Gasteiger partial charge in [0.05, 0.1) is 7.11 Å². The Bertz CT molecular complexity index is 448. The largest absolute Gasteiger partial charge is 0.494 e. The van der Waals surface area contributed by atoms with Gasteiger partial charge in [-0.15, -0.1) is 0 Å². The van der Waals surface area contributed by atoms with Gasteiger partial charge in [-0.25, -0.2) is 4.39 Å². The number of halogens is 1. The van der Waals surface area contributed by atoms with Gasteiger partial charge in [0.15, 0.2) is 11.6 Å². The molecule has 0 spiro atoms. The van der Waals surface area contributed by atoms with Crippen molar-refractivity contribution in [2.75, 3.05) is 7.11 Å². The van der Waals surface area contributed by atoms with Gasteiger partial charge in [-0.1, -0.05) is 26.0 Å². The molecule has 0 bridgehead atoms. The van der Waals surface area contributed by atoms with E-state index in [0.717, 1.165) is 19.3 Å². The summed E-state index contributed by atoms with van der Waals surface area (Å²) in [4.78, 5) is 0. The zero-order valence-electron chi connectivity index (χ0n) is 12.1. The minimum absolute atomic E-state index is 0.263. The smallest absolute Gasteiger partial charge is 0.168 e. The molecule has 0 amide bonds. The Balaban J connectivity index is 2.17. The minimum atomic E-state index is -0.279. The van der Waals surface area contributed by atoms with Gasteiger partial charge in [0.1, 0.15) is 0 Å². The molecule has 106 valence electrons. The lowest BCUT2D eigenvalue weighted by atomic mass is 9.69. The SMILES string of the molecule is COc1cccc(CC2(N)CCC(C)C(C)C2)c1F. The summed E-state index contributed by atoms with van der Waals surface area (Å²) in [5.41, 5.74) is 6.89. The van der Waals surface area contributed by atoms with Gasteiger partial charge in [-0.2, -0.15) is 0 Å². The summed E-state index contributed by atoms with van der Waals surface area (Å²) in [6, 6.07) is 5.29. The number of ether oxygens (including phenoxy) is 1. The van der Waals surface area contributed by atoms with Crippen LogP contribution in [-0.4, -0.2) is 12.6 Å². The predicted molar refractivity (Wildman–Crippen MR) is 75.8 cm³/mol. The molecule has 1 aliphatic carbocycles. The molecule has 1 aliphatic rings. The summed E-state index contributed by atoms with van der Waals surface area (Å²) in [6.07, 6.45) is 3.65. The zero-order chi connectivity index (χ0) is 14.0. The number of benzene rings is 1. The summed E-state index contributed by atoms with van der Waals surface area (Å²) < 4.78 is 19.2. The summed E-state index contributed by atoms with van der Waals surface area (Å²) in [6.45, 7) is 4.52. The summed E-state index contributed by atoms with van der Waals surface area (Å²) >= 11 is 0. The lowest BCUT2D eigenvalue weighted by Gasteiger charge is -2.40. The fourth-order valence-corrected chi connectivity index (χ4v) is 3.13. The average molecular weight is 265 g/mol. The van der Waals surface area contributed by atoms with Gasteiger partial charge in [0.25, 0.3) is 0 Å². The maximum atomic E-state index is 14.2. The third kappa shape index (κ3) is 3.08. The molecule has 3 heteroatoms. The van der Waals surface area contributed by atoms with Crippen LogP contribution in [0, 0.1) is 17.7 Å². The average Bonchev–Trinajstić information content (AvgIpc) is 2.37. The lowest BCUT2D eigenvalue weighted by molar-refractivity contribution is 0.174. The van der Waals surface area contributed by atoms with Crippen LogP contribution in [0.4, 0.5) is 4.39 Å². The van der Waals surface area contributed by atoms with Crippen LogP contribution in [0.15, 0.2) is 18.2 Å². The first kappa shape index (κ1) is 14.3. The van der Waals surface area contributed by atoms with Crippen molar-refractivity contribution in [1.82, 2.24) is 0 Å². The fourth-order valence-electron chi connectivity index (χ4n) is 3.13. The van der Waals surface area contributed by atoms with Crippen molar-refractivity contribution in [3.05, 3.63) is 29.6 Å². The van der Waals surface area contributed by atoms with E-state index in [2.05, 4.69) is 13.8 Å². The first-order valence-electron chi connectivity index (χ1n) is 7.05. The van der Waals surface area contributed by atoms with Crippen LogP contribution in [0.5, 0.6) is 5.75 Å². The van der Waals surface area contributed by atoms with Crippen LogP contribution in [-0.2, 0) is 6.42 Å². The van der Waals surface area contributed by atoms with Gasteiger partial charge in [0.2, 0.25) is 0 Å². The molecule has 0 radical (unpaired) electrons. The van der Waals surface area contributed by atoms with Crippen molar-refractivity contribution in [1.29, 1.82) is 0 Å². The third-order valence-corrected chi connectivity index (χ3v) is 4.60. The highest BCUT2D eigenvalue weighted by molar-refractivity contribution is 5.32. The lowest BCUT2D eigenvalue weighted by Crippen LogP contribution is -2.47. The van der Waals surface area contributed by atoms with E-state index >= 15 is 0 Å². The van der Waals surface area contributed by atoms with Crippen molar-refractivity contribution in [3.63, 3.8) is 0 Å². The van der Waals surface area contributed by atoms with Crippen molar-refractivity contribution in [2.24, 2.45) is 17.6 Å². The Morgan fingerprint density at radius 3 is 2.74 bits per heavy atom. The normalized spacial score (nSPS) is 31.2. The van der Waals surface area contributed by atoms with E-state index in [1.54, 1.807) is 6.07 Å². The number of nitrogens with two attached hydrogens (primary N) is 1. The number of hydrogen-bond acceptors (Lipinski definition) is 2. The van der Waals surface area contributed by atoms with Crippen LogP contribution >= 0.6 is 0 Å². The Kier molecular flexibility index (Phi) is 4.14. The van der Waals surface area contributed by atoms with Crippen molar-refractivity contribution in [3.8, 4) is 5.75 Å². The second kappa shape index (κ2) is 5.49. The van der Waals surface area contributed by atoms with Gasteiger partial charge < -0.3 is 10.5 Å². The third-order valence-electron chi connectivity index (χ3n) is 4.60. The first-order chi connectivity index (χ1) is 8.95. The molecule has 3 unspecified atom stereocenters. The van der Waals surface area contributed by atoms with Crippen molar-refractivity contribution in [2.45, 2.75) is 45.1 Å². The zero-order valence-corrected chi connectivity index (χ0v) is 12.1. The summed E-state index contributed by atoms with van der Waals surface area (Å²) in [5, 5.41) is 0. The second-order valence-electron chi connectivity index (χ2n) is 6.17. The van der Waals surface area contributed by atoms with Crippen LogP contribution in [0.1, 0.15) is 38.7 Å². The van der Waals surface area contributed by atoms with E-state index in [-0.39, 0.29) is 11.4 Å². The molecule has 3 atom stereocenters. The van der Waals surface area contributed by atoms with E-state index in [0.29, 0.717) is 29.6 Å². The molecular formula is C16H24FNO. The molecule has 0 aromatic heterocycles. The quantitative estimate of drug-likeness (QED) is 0.907. The predicted octanol–water partition coefficient (Wildman–Crippen LogP) is 3.53. The van der Waals surface area contributed by atoms with Gasteiger partial charge in [0, 0.05) is 5.54 Å². The van der Waals surface area contributed by atoms with E-state index in [1.807, 2.05) is 12.1 Å². The standard InChI is InChI=1S/C16H24FNO/c1-11-7-8-16(18,9-12(11)2)10-13-5-4-6-14(19-3)15(13)17/h4-6,11-12H,7-10,18H2,1-3H3. The van der Waals surface area contributed by atoms with Crippen molar-refractivity contribution < 1.29 is 9.13 Å². The number of hydrogen-bond donors (Lipinski definition) is 1. The summed E-state index contributed by atoms with van der Waals surface area (Å²) in [5.74, 6) is 1.36. The van der Waals surface area contributed by atoms with Crippen LogP contribution in [0.25, 0.3) is 0 Å². The first-order valence-corrected chi connectivity index (χ1v) is 7.05. The molecule has 1 aromatic rings. The Labute approximate surface area is 115 Å². The fraction of sp³-hybridized carbons (Fsp3) is 0.625. The highest BCUT2D eigenvalue weighted by atomic mass is 19.1. The van der Waals surface area contributed by atoms with Gasteiger partial charge in [-0.3, -0.25) is 0 Å². The molecule has 1 aromatic carbocycles. The molecule has 1 fully saturated rings. The topological polar surface area (TPSA) is 35.2 Å². The molecule has 0 saturated heterocycles. The molecular weight excluding hydrogens is 241 g/mol. The molecule has 2 nitrogen and oxygen atoms in total. The number of methoxy groups -OCH3 is 1. The van der Waals surface area contributed by atoms with Crippen LogP contribution < -0.4 is 10.5 Å². The van der Waals surface area contributed by atoms with Gasteiger partial charge >= 0.3 is 0 Å². The maximum Gasteiger partial charge on any atom is 0.168 e. The molecule has 2 N–H and O–H groups in total. The van der Waals surface area contributed by atoms with Crippen LogP contribution in [0.3, 0.4) is 0 Å². The monoisotopic (exact) mass is 265 g/mol. The molecule has 0 heterocycles.